The van der Waals surface area contributed by atoms with Gasteiger partial charge in [-0.15, -0.1) is 27.8 Å². The normalized spacial score (nSPS) is 23.4. The number of likely N-dealkylation sites (tertiary alicyclic amines) is 1. The van der Waals surface area contributed by atoms with Crippen LogP contribution in [0, 0.1) is 4.77 Å². The van der Waals surface area contributed by atoms with E-state index in [0.717, 1.165) is 17.3 Å². The minimum Gasteiger partial charge on any atom is -0.309 e. The summed E-state index contributed by atoms with van der Waals surface area (Å²) in [5.74, 6) is 1.06. The molecule has 4 heterocycles. The molecule has 0 amide bonds. The van der Waals surface area contributed by atoms with Gasteiger partial charge in [-0.2, -0.15) is 4.68 Å². The Kier molecular flexibility index (Phi) is 4.12. The van der Waals surface area contributed by atoms with Crippen LogP contribution in [0.5, 0.6) is 0 Å². The summed E-state index contributed by atoms with van der Waals surface area (Å²) in [7, 11) is 0. The summed E-state index contributed by atoms with van der Waals surface area (Å²) in [6.45, 7) is 2.08. The van der Waals surface area contributed by atoms with E-state index in [2.05, 4.69) is 44.3 Å². The second-order valence-corrected chi connectivity index (χ2v) is 9.25. The Morgan fingerprint density at radius 1 is 1.16 bits per heavy atom. The van der Waals surface area contributed by atoms with E-state index in [4.69, 9.17) is 17.3 Å². The first-order chi connectivity index (χ1) is 12.3. The molecule has 0 bridgehead atoms. The lowest BCUT2D eigenvalue weighted by Crippen LogP contribution is -3.09. The first-order valence-corrected chi connectivity index (χ1v) is 11.1. The molecule has 25 heavy (non-hydrogen) atoms. The average molecular weight is 390 g/mol. The number of quaternary nitrogens is 1. The Labute approximate surface area is 160 Å². The van der Waals surface area contributed by atoms with Crippen molar-refractivity contribution in [3.05, 3.63) is 44.7 Å². The molecule has 2 fully saturated rings. The molecule has 7 heteroatoms. The van der Waals surface area contributed by atoms with Crippen LogP contribution in [0.2, 0.25) is 0 Å². The Morgan fingerprint density at radius 2 is 2.00 bits per heavy atom. The quantitative estimate of drug-likeness (QED) is 0.670. The van der Waals surface area contributed by atoms with Gasteiger partial charge in [-0.05, 0) is 48.0 Å². The SMILES string of the molecule is S=c1n(C[NH+]2CCC[C@H]2c2cccs2)nc(-c2cccs2)n1C1CC1. The molecular weight excluding hydrogens is 368 g/mol. The molecule has 0 aromatic carbocycles. The molecule has 1 saturated carbocycles. The zero-order valence-corrected chi connectivity index (χ0v) is 16.4. The number of rotatable bonds is 5. The van der Waals surface area contributed by atoms with Crippen LogP contribution < -0.4 is 4.90 Å². The molecule has 0 spiro atoms. The highest BCUT2D eigenvalue weighted by Crippen LogP contribution is 2.39. The van der Waals surface area contributed by atoms with Gasteiger partial charge in [0.15, 0.2) is 12.5 Å². The monoisotopic (exact) mass is 389 g/mol. The van der Waals surface area contributed by atoms with Gasteiger partial charge in [0, 0.05) is 18.9 Å². The van der Waals surface area contributed by atoms with Gasteiger partial charge in [-0.1, -0.05) is 12.1 Å². The summed E-state index contributed by atoms with van der Waals surface area (Å²) < 4.78 is 5.29. The van der Waals surface area contributed by atoms with E-state index >= 15 is 0 Å². The number of aromatic nitrogens is 3. The Morgan fingerprint density at radius 3 is 2.72 bits per heavy atom. The van der Waals surface area contributed by atoms with E-state index in [9.17, 15) is 0 Å². The predicted octanol–water partition coefficient (Wildman–Crippen LogP) is 3.92. The van der Waals surface area contributed by atoms with Crippen molar-refractivity contribution in [2.24, 2.45) is 0 Å². The molecule has 4 nitrogen and oxygen atoms in total. The van der Waals surface area contributed by atoms with Crippen molar-refractivity contribution in [3.8, 4) is 10.7 Å². The molecule has 1 aliphatic heterocycles. The number of nitrogens with one attached hydrogen (secondary N) is 1. The zero-order valence-electron chi connectivity index (χ0n) is 13.9. The molecule has 5 rings (SSSR count). The van der Waals surface area contributed by atoms with Gasteiger partial charge in [-0.3, -0.25) is 4.57 Å². The predicted molar refractivity (Wildman–Crippen MR) is 105 cm³/mol. The van der Waals surface area contributed by atoms with Crippen molar-refractivity contribution in [1.29, 1.82) is 0 Å². The van der Waals surface area contributed by atoms with Gasteiger partial charge in [-0.25, -0.2) is 0 Å². The third kappa shape index (κ3) is 2.93. The van der Waals surface area contributed by atoms with Crippen LogP contribution in [0.25, 0.3) is 10.7 Å². The van der Waals surface area contributed by atoms with Crippen LogP contribution in [0.15, 0.2) is 35.0 Å². The molecule has 3 aromatic rings. The van der Waals surface area contributed by atoms with Crippen molar-refractivity contribution < 1.29 is 4.90 Å². The highest BCUT2D eigenvalue weighted by Gasteiger charge is 2.33. The molecule has 1 saturated heterocycles. The summed E-state index contributed by atoms with van der Waals surface area (Å²) in [6.07, 6.45) is 5.01. The van der Waals surface area contributed by atoms with Crippen molar-refractivity contribution in [2.75, 3.05) is 6.54 Å². The average Bonchev–Trinajstić information content (AvgIpc) is 3.11. The Hall–Kier alpha value is -1.28. The topological polar surface area (TPSA) is 27.2 Å². The van der Waals surface area contributed by atoms with E-state index in [1.54, 1.807) is 16.2 Å². The molecule has 3 aromatic heterocycles. The van der Waals surface area contributed by atoms with Crippen molar-refractivity contribution in [3.63, 3.8) is 0 Å². The maximum atomic E-state index is 5.83. The molecule has 2 aliphatic rings. The molecule has 1 aliphatic carbocycles. The lowest BCUT2D eigenvalue weighted by atomic mass is 10.2. The highest BCUT2D eigenvalue weighted by atomic mass is 32.1. The standard InChI is InChI=1S/C18H20N4S3/c23-18-21(12-20-9-1-4-14(20)15-5-2-10-24-15)19-17(16-6-3-11-25-16)22(18)13-7-8-13/h2-3,5-6,10-11,13-14H,1,4,7-9,12H2/p+1/t14-/m0/s1. The maximum absolute atomic E-state index is 5.83. The third-order valence-electron chi connectivity index (χ3n) is 5.25. The smallest absolute Gasteiger partial charge is 0.203 e. The van der Waals surface area contributed by atoms with Crippen molar-refractivity contribution in [2.45, 2.75) is 44.4 Å². The number of hydrogen-bond acceptors (Lipinski definition) is 4. The minimum atomic E-state index is 0.556. The van der Waals surface area contributed by atoms with Crippen molar-refractivity contribution in [1.82, 2.24) is 14.3 Å². The summed E-state index contributed by atoms with van der Waals surface area (Å²) in [5.41, 5.74) is 0. The fourth-order valence-corrected chi connectivity index (χ4v) is 5.85. The summed E-state index contributed by atoms with van der Waals surface area (Å²) in [6, 6.07) is 9.84. The largest absolute Gasteiger partial charge is 0.309 e. The molecule has 0 radical (unpaired) electrons. The summed E-state index contributed by atoms with van der Waals surface area (Å²) in [4.78, 5) is 4.32. The lowest BCUT2D eigenvalue weighted by Gasteiger charge is -2.20. The summed E-state index contributed by atoms with van der Waals surface area (Å²) >= 11 is 9.46. The number of hydrogen-bond donors (Lipinski definition) is 1. The van der Waals surface area contributed by atoms with Crippen LogP contribution in [-0.2, 0) is 6.67 Å². The first-order valence-electron chi connectivity index (χ1n) is 8.92. The number of nitrogens with zero attached hydrogens (tertiary/aromatic N) is 3. The minimum absolute atomic E-state index is 0.556. The fourth-order valence-electron chi connectivity index (χ4n) is 3.89. The molecule has 2 atom stereocenters. The molecule has 1 N–H and O–H groups in total. The van der Waals surface area contributed by atoms with E-state index in [-0.39, 0.29) is 0 Å². The van der Waals surface area contributed by atoms with Crippen LogP contribution in [0.4, 0.5) is 0 Å². The fraction of sp³-hybridized carbons (Fsp3) is 0.444. The first kappa shape index (κ1) is 15.9. The van der Waals surface area contributed by atoms with Gasteiger partial charge in [0.2, 0.25) is 4.77 Å². The maximum Gasteiger partial charge on any atom is 0.203 e. The van der Waals surface area contributed by atoms with E-state index in [1.165, 1.54) is 42.0 Å². The van der Waals surface area contributed by atoms with Crippen molar-refractivity contribution >= 4 is 34.9 Å². The second kappa shape index (κ2) is 6.46. The van der Waals surface area contributed by atoms with Crippen LogP contribution in [-0.4, -0.2) is 20.9 Å². The van der Waals surface area contributed by atoms with Gasteiger partial charge >= 0.3 is 0 Å². The van der Waals surface area contributed by atoms with Crippen LogP contribution in [0.1, 0.15) is 42.6 Å². The molecule has 1 unspecified atom stereocenters. The highest BCUT2D eigenvalue weighted by molar-refractivity contribution is 7.71. The van der Waals surface area contributed by atoms with Crippen LogP contribution in [0.3, 0.4) is 0 Å². The molecule has 130 valence electrons. The summed E-state index contributed by atoms with van der Waals surface area (Å²) in [5, 5.41) is 9.27. The van der Waals surface area contributed by atoms with E-state index < -0.39 is 0 Å². The van der Waals surface area contributed by atoms with E-state index in [0.29, 0.717) is 12.1 Å². The van der Waals surface area contributed by atoms with Gasteiger partial charge in [0.1, 0.15) is 6.04 Å². The molecular formula is C18H21N4S3+. The van der Waals surface area contributed by atoms with Gasteiger partial charge in [0.25, 0.3) is 0 Å². The van der Waals surface area contributed by atoms with Crippen LogP contribution >= 0.6 is 34.9 Å². The zero-order chi connectivity index (χ0) is 16.8. The lowest BCUT2D eigenvalue weighted by molar-refractivity contribution is -0.941. The second-order valence-electron chi connectivity index (χ2n) is 6.96. The van der Waals surface area contributed by atoms with Gasteiger partial charge < -0.3 is 4.90 Å². The van der Waals surface area contributed by atoms with E-state index in [1.807, 2.05) is 11.3 Å². The Bertz CT molecular complexity index is 903. The van der Waals surface area contributed by atoms with Gasteiger partial charge in [0.05, 0.1) is 16.3 Å². The Balaban J connectivity index is 1.48. The number of thiophene rings is 2. The third-order valence-corrected chi connectivity index (χ3v) is 7.51.